The van der Waals surface area contributed by atoms with Crippen LogP contribution in [0.1, 0.15) is 51.0 Å². The molecule has 2 N–H and O–H groups in total. The number of carbonyl (C=O) groups excluding carboxylic acids is 1. The number of hydrogen-bond acceptors (Lipinski definition) is 11. The molecule has 0 amide bonds. The van der Waals surface area contributed by atoms with Crippen molar-refractivity contribution in [1.82, 2.24) is 13.9 Å². The molecule has 15 heteroatoms. The summed E-state index contributed by atoms with van der Waals surface area (Å²) in [6.45, 7) is 12.5. The van der Waals surface area contributed by atoms with Gasteiger partial charge in [0.05, 0.1) is 18.3 Å². The number of carbonyl (C=O) groups is 1. The van der Waals surface area contributed by atoms with Crippen LogP contribution in [0.25, 0.3) is 0 Å². The van der Waals surface area contributed by atoms with Crippen molar-refractivity contribution in [2.24, 2.45) is 10.2 Å². The summed E-state index contributed by atoms with van der Waals surface area (Å²) in [6, 6.07) is 7.78. The van der Waals surface area contributed by atoms with Crippen LogP contribution in [0.15, 0.2) is 53.2 Å². The van der Waals surface area contributed by atoms with E-state index in [1.54, 1.807) is 30.3 Å². The number of esters is 1. The summed E-state index contributed by atoms with van der Waals surface area (Å²) in [5.74, 6) is -0.952. The number of aliphatic hydroxyl groups excluding tert-OH is 1. The van der Waals surface area contributed by atoms with E-state index in [9.17, 15) is 28.8 Å². The average Bonchev–Trinajstić information content (AvgIpc) is 3.33. The van der Waals surface area contributed by atoms with Gasteiger partial charge in [0.15, 0.2) is 11.4 Å². The van der Waals surface area contributed by atoms with Crippen LogP contribution in [0.4, 0.5) is 23.0 Å². The first kappa shape index (κ1) is 34.6. The van der Waals surface area contributed by atoms with E-state index in [0.717, 1.165) is 27.4 Å². The van der Waals surface area contributed by atoms with Crippen molar-refractivity contribution in [1.29, 1.82) is 10.5 Å². The quantitative estimate of drug-likeness (QED) is 0.122. The standard InChI is InChI=1S/C28H37N9O5S/c1-8-13-36(20(9-2)10-3)21-11-12-23(24(14-21)34-43(40,41)35(6)7)32-33-28-31-25(15-29)26(16-30)37(28)22(17-38)18-42-27(39)19(4)5/h8,11-12,14,20,22,34,38H,1,4,9-10,13,17-18H2,2-3,5-7H3/b33-32+. The summed E-state index contributed by atoms with van der Waals surface area (Å²) in [7, 11) is -1.20. The monoisotopic (exact) mass is 611 g/mol. The Bertz CT molecular complexity index is 1550. The topological polar surface area (TPSA) is 189 Å². The van der Waals surface area contributed by atoms with Gasteiger partial charge in [-0.15, -0.1) is 16.8 Å². The normalized spacial score (nSPS) is 12.1. The Morgan fingerprint density at radius 3 is 2.44 bits per heavy atom. The summed E-state index contributed by atoms with van der Waals surface area (Å²) in [5.41, 5.74) is 0.573. The number of benzene rings is 1. The van der Waals surface area contributed by atoms with Crippen LogP contribution in [0.3, 0.4) is 0 Å². The fraction of sp³-hybridized carbons (Fsp3) is 0.429. The van der Waals surface area contributed by atoms with Crippen LogP contribution >= 0.6 is 0 Å². The van der Waals surface area contributed by atoms with Crippen LogP contribution in [-0.4, -0.2) is 73.2 Å². The van der Waals surface area contributed by atoms with Crippen molar-refractivity contribution in [2.45, 2.75) is 45.7 Å². The Hall–Kier alpha value is -4.57. The third-order valence-electron chi connectivity index (χ3n) is 6.42. The van der Waals surface area contributed by atoms with E-state index < -0.39 is 28.8 Å². The molecule has 0 saturated carbocycles. The van der Waals surface area contributed by atoms with E-state index in [0.29, 0.717) is 6.54 Å². The van der Waals surface area contributed by atoms with Gasteiger partial charge in [-0.1, -0.05) is 26.5 Å². The van der Waals surface area contributed by atoms with Crippen molar-refractivity contribution in [3.8, 4) is 12.1 Å². The third-order valence-corrected chi connectivity index (χ3v) is 7.86. The maximum Gasteiger partial charge on any atom is 0.333 e. The Labute approximate surface area is 252 Å². The van der Waals surface area contributed by atoms with Gasteiger partial charge >= 0.3 is 16.2 Å². The number of nitriles is 2. The molecule has 43 heavy (non-hydrogen) atoms. The lowest BCUT2D eigenvalue weighted by molar-refractivity contribution is -0.140. The summed E-state index contributed by atoms with van der Waals surface area (Å²) in [5, 5.41) is 37.7. The van der Waals surface area contributed by atoms with Crippen molar-refractivity contribution in [3.63, 3.8) is 0 Å². The molecule has 0 saturated heterocycles. The van der Waals surface area contributed by atoms with Crippen LogP contribution in [0, 0.1) is 22.7 Å². The Kier molecular flexibility index (Phi) is 12.6. The van der Waals surface area contributed by atoms with Gasteiger partial charge in [0.2, 0.25) is 0 Å². The smallest absolute Gasteiger partial charge is 0.333 e. The number of azo groups is 1. The van der Waals surface area contributed by atoms with Crippen LogP contribution < -0.4 is 9.62 Å². The molecule has 2 aromatic rings. The maximum absolute atomic E-state index is 12.8. The van der Waals surface area contributed by atoms with Crippen LogP contribution in [-0.2, 0) is 19.7 Å². The lowest BCUT2D eigenvalue weighted by Gasteiger charge is -2.32. The van der Waals surface area contributed by atoms with Gasteiger partial charge in [0.25, 0.3) is 5.95 Å². The molecule has 230 valence electrons. The molecule has 1 unspecified atom stereocenters. The highest BCUT2D eigenvalue weighted by molar-refractivity contribution is 7.90. The summed E-state index contributed by atoms with van der Waals surface area (Å²) in [4.78, 5) is 18.1. The summed E-state index contributed by atoms with van der Waals surface area (Å²) in [6.07, 6.45) is 3.47. The number of ether oxygens (including phenoxy) is 1. The first-order valence-electron chi connectivity index (χ1n) is 13.4. The molecule has 0 bridgehead atoms. The third kappa shape index (κ3) is 8.48. The molecule has 1 aromatic heterocycles. The van der Waals surface area contributed by atoms with E-state index in [1.165, 1.54) is 21.0 Å². The van der Waals surface area contributed by atoms with E-state index in [-0.39, 0.29) is 46.9 Å². The van der Waals surface area contributed by atoms with Crippen molar-refractivity contribution in [2.75, 3.05) is 43.5 Å². The molecular formula is C28H37N9O5S. The first-order valence-corrected chi connectivity index (χ1v) is 14.8. The number of hydrogen-bond donors (Lipinski definition) is 2. The SMILES string of the molecule is C=CCN(c1ccc(/N=N/c2nc(C#N)c(C#N)n2C(CO)COC(=O)C(=C)C)c(NS(=O)(=O)N(C)C)c1)C(CC)CC. The second kappa shape index (κ2) is 15.6. The second-order valence-electron chi connectivity index (χ2n) is 9.62. The first-order chi connectivity index (χ1) is 20.4. The minimum absolute atomic E-state index is 0.109. The number of imidazole rings is 1. The lowest BCUT2D eigenvalue weighted by Crippen LogP contribution is -2.34. The highest BCUT2D eigenvalue weighted by atomic mass is 32.2. The maximum atomic E-state index is 12.8. The number of nitrogens with one attached hydrogen (secondary N) is 1. The summed E-state index contributed by atoms with van der Waals surface area (Å²) < 4.78 is 35.4. The minimum atomic E-state index is -3.95. The van der Waals surface area contributed by atoms with Crippen molar-refractivity contribution in [3.05, 3.63) is 54.4 Å². The minimum Gasteiger partial charge on any atom is -0.460 e. The fourth-order valence-electron chi connectivity index (χ4n) is 4.06. The van der Waals surface area contributed by atoms with Gasteiger partial charge in [-0.25, -0.2) is 4.79 Å². The van der Waals surface area contributed by atoms with Crippen LogP contribution in [0.5, 0.6) is 0 Å². The molecular weight excluding hydrogens is 574 g/mol. The van der Waals surface area contributed by atoms with Crippen molar-refractivity contribution >= 4 is 39.2 Å². The highest BCUT2D eigenvalue weighted by Gasteiger charge is 2.26. The molecule has 0 spiro atoms. The molecule has 0 radical (unpaired) electrons. The second-order valence-corrected chi connectivity index (χ2v) is 11.5. The Balaban J connectivity index is 2.70. The predicted molar refractivity (Wildman–Crippen MR) is 162 cm³/mol. The van der Waals surface area contributed by atoms with Crippen LogP contribution in [0.2, 0.25) is 0 Å². The van der Waals surface area contributed by atoms with Gasteiger partial charge < -0.3 is 14.7 Å². The highest BCUT2D eigenvalue weighted by Crippen LogP contribution is 2.34. The molecule has 1 aromatic carbocycles. The Morgan fingerprint density at radius 1 is 1.26 bits per heavy atom. The number of anilines is 2. The van der Waals surface area contributed by atoms with Gasteiger partial charge in [0.1, 0.15) is 24.4 Å². The molecule has 2 rings (SSSR count). The Morgan fingerprint density at radius 2 is 1.93 bits per heavy atom. The number of aliphatic hydroxyl groups is 1. The average molecular weight is 612 g/mol. The van der Waals surface area contributed by atoms with Gasteiger partial charge in [-0.3, -0.25) is 9.29 Å². The van der Waals surface area contributed by atoms with E-state index in [1.807, 2.05) is 6.07 Å². The number of rotatable bonds is 16. The molecule has 1 heterocycles. The van der Waals surface area contributed by atoms with Gasteiger partial charge in [-0.2, -0.15) is 28.2 Å². The molecule has 0 aliphatic rings. The molecule has 0 aliphatic carbocycles. The zero-order valence-electron chi connectivity index (χ0n) is 25.0. The van der Waals surface area contributed by atoms with Crippen molar-refractivity contribution < 1.29 is 23.1 Å². The van der Waals surface area contributed by atoms with Gasteiger partial charge in [0, 0.05) is 37.9 Å². The zero-order valence-corrected chi connectivity index (χ0v) is 25.8. The molecule has 14 nitrogen and oxygen atoms in total. The predicted octanol–water partition coefficient (Wildman–Crippen LogP) is 4.09. The number of aromatic nitrogens is 2. The zero-order chi connectivity index (χ0) is 32.3. The molecule has 0 fully saturated rings. The van der Waals surface area contributed by atoms with E-state index in [4.69, 9.17) is 4.74 Å². The lowest BCUT2D eigenvalue weighted by atomic mass is 10.1. The number of nitrogens with zero attached hydrogens (tertiary/aromatic N) is 8. The summed E-state index contributed by atoms with van der Waals surface area (Å²) >= 11 is 0. The van der Waals surface area contributed by atoms with E-state index >= 15 is 0 Å². The molecule has 0 aliphatic heterocycles. The fourth-order valence-corrected chi connectivity index (χ4v) is 4.68. The molecule has 1 atom stereocenters. The van der Waals surface area contributed by atoms with E-state index in [2.05, 4.69) is 51.8 Å². The largest absolute Gasteiger partial charge is 0.460 e. The van der Waals surface area contributed by atoms with Gasteiger partial charge in [-0.05, 0) is 38.0 Å².